The molecule has 108 valence electrons. The average molecular weight is 296 g/mol. The Labute approximate surface area is 117 Å². The number of nitrogens with one attached hydrogen (secondary N) is 1. The Hall–Kier alpha value is -1.86. The molecular weight excluding hydrogens is 280 g/mol. The van der Waals surface area contributed by atoms with Gasteiger partial charge in [0.15, 0.2) is 0 Å². The topological polar surface area (TPSA) is 81.4 Å². The van der Waals surface area contributed by atoms with Crippen LogP contribution >= 0.6 is 0 Å². The fourth-order valence-corrected chi connectivity index (χ4v) is 2.58. The third-order valence-corrected chi connectivity index (χ3v) is 3.94. The first-order valence-corrected chi connectivity index (χ1v) is 7.63. The van der Waals surface area contributed by atoms with Gasteiger partial charge < -0.3 is 9.15 Å². The maximum atomic E-state index is 12.1. The van der Waals surface area contributed by atoms with Crippen LogP contribution in [0.1, 0.15) is 18.6 Å². The third kappa shape index (κ3) is 3.58. The summed E-state index contributed by atoms with van der Waals surface area (Å²) in [5.41, 5.74) is 0. The van der Waals surface area contributed by atoms with Crippen LogP contribution in [0.5, 0.6) is 5.75 Å². The maximum Gasteiger partial charge on any atom is 0.241 e. The van der Waals surface area contributed by atoms with Crippen molar-refractivity contribution in [2.45, 2.75) is 25.3 Å². The van der Waals surface area contributed by atoms with Crippen LogP contribution in [0.4, 0.5) is 0 Å². The molecule has 0 radical (unpaired) electrons. The van der Waals surface area contributed by atoms with E-state index in [0.29, 0.717) is 24.0 Å². The van der Waals surface area contributed by atoms with Gasteiger partial charge in [0.1, 0.15) is 11.5 Å². The van der Waals surface area contributed by atoms with Crippen molar-refractivity contribution < 1.29 is 17.6 Å². The number of rotatable bonds is 6. The molecule has 2 rings (SSSR count). The highest BCUT2D eigenvalue weighted by Gasteiger charge is 2.15. The fraction of sp³-hybridized carbons (Fsp3) is 0.308. The predicted molar refractivity (Wildman–Crippen MR) is 72.9 cm³/mol. The molecule has 1 aromatic carbocycles. The minimum atomic E-state index is -3.59. The molecule has 0 bridgehead atoms. The van der Waals surface area contributed by atoms with Crippen molar-refractivity contribution in [2.24, 2.45) is 0 Å². The van der Waals surface area contributed by atoms with Crippen molar-refractivity contribution in [3.63, 3.8) is 0 Å². The Morgan fingerprint density at radius 1 is 1.30 bits per heavy atom. The Balaban J connectivity index is 2.05. The van der Waals surface area contributed by atoms with Gasteiger partial charge in [0, 0.05) is 0 Å². The molecule has 0 aliphatic rings. The summed E-state index contributed by atoms with van der Waals surface area (Å²) >= 11 is 0. The largest absolute Gasteiger partial charge is 0.494 e. The lowest BCUT2D eigenvalue weighted by atomic mass is 10.3. The zero-order chi connectivity index (χ0) is 14.6. The molecule has 1 heterocycles. The van der Waals surface area contributed by atoms with Crippen LogP contribution in [-0.4, -0.2) is 20.0 Å². The Morgan fingerprint density at radius 2 is 2.00 bits per heavy atom. The van der Waals surface area contributed by atoms with Crippen LogP contribution in [0, 0.1) is 6.92 Å². The summed E-state index contributed by atoms with van der Waals surface area (Å²) in [6.45, 7) is 4.17. The van der Waals surface area contributed by atoms with Gasteiger partial charge in [-0.2, -0.15) is 0 Å². The molecule has 0 unspecified atom stereocenters. The second kappa shape index (κ2) is 6.06. The number of aryl methyl sites for hydroxylation is 1. The highest BCUT2D eigenvalue weighted by atomic mass is 32.2. The molecule has 0 aliphatic heterocycles. The lowest BCUT2D eigenvalue weighted by Crippen LogP contribution is -2.23. The predicted octanol–water partition coefficient (Wildman–Crippen LogP) is 1.86. The SMILES string of the molecule is CCOc1ccc(S(=O)(=O)NCc2ncc(C)o2)cc1. The number of ether oxygens (including phenoxy) is 1. The van der Waals surface area contributed by atoms with Crippen LogP contribution in [0.2, 0.25) is 0 Å². The summed E-state index contributed by atoms with van der Waals surface area (Å²) in [7, 11) is -3.59. The van der Waals surface area contributed by atoms with E-state index in [9.17, 15) is 8.42 Å². The van der Waals surface area contributed by atoms with Crippen molar-refractivity contribution in [3.8, 4) is 5.75 Å². The highest BCUT2D eigenvalue weighted by molar-refractivity contribution is 7.89. The number of sulfonamides is 1. The molecular formula is C13H16N2O4S. The van der Waals surface area contributed by atoms with E-state index in [1.54, 1.807) is 25.3 Å². The van der Waals surface area contributed by atoms with E-state index in [4.69, 9.17) is 9.15 Å². The molecule has 6 nitrogen and oxygen atoms in total. The van der Waals surface area contributed by atoms with E-state index in [-0.39, 0.29) is 11.4 Å². The van der Waals surface area contributed by atoms with Gasteiger partial charge in [-0.15, -0.1) is 0 Å². The molecule has 1 aromatic heterocycles. The first-order chi connectivity index (χ1) is 9.51. The van der Waals surface area contributed by atoms with Gasteiger partial charge in [-0.25, -0.2) is 18.1 Å². The molecule has 0 saturated heterocycles. The second-order valence-corrected chi connectivity index (χ2v) is 5.86. The highest BCUT2D eigenvalue weighted by Crippen LogP contribution is 2.16. The van der Waals surface area contributed by atoms with Gasteiger partial charge in [-0.05, 0) is 38.1 Å². The molecule has 0 amide bonds. The molecule has 0 saturated carbocycles. The van der Waals surface area contributed by atoms with Gasteiger partial charge in [0.05, 0.1) is 24.2 Å². The van der Waals surface area contributed by atoms with Gasteiger partial charge in [-0.1, -0.05) is 0 Å². The van der Waals surface area contributed by atoms with Crippen LogP contribution in [-0.2, 0) is 16.6 Å². The summed E-state index contributed by atoms with van der Waals surface area (Å²) in [5, 5.41) is 0. The summed E-state index contributed by atoms with van der Waals surface area (Å²) < 4.78 is 37.0. The van der Waals surface area contributed by atoms with Crippen molar-refractivity contribution in [2.75, 3.05) is 6.61 Å². The molecule has 7 heteroatoms. The average Bonchev–Trinajstić information content (AvgIpc) is 2.84. The quantitative estimate of drug-likeness (QED) is 0.880. The molecule has 2 aromatic rings. The number of benzene rings is 1. The lowest BCUT2D eigenvalue weighted by Gasteiger charge is -2.06. The molecule has 1 N–H and O–H groups in total. The van der Waals surface area contributed by atoms with Crippen molar-refractivity contribution >= 4 is 10.0 Å². The zero-order valence-electron chi connectivity index (χ0n) is 11.3. The minimum Gasteiger partial charge on any atom is -0.494 e. The number of hydrogen-bond donors (Lipinski definition) is 1. The minimum absolute atomic E-state index is 0.0172. The molecule has 0 aliphatic carbocycles. The van der Waals surface area contributed by atoms with Gasteiger partial charge in [0.25, 0.3) is 0 Å². The summed E-state index contributed by atoms with van der Waals surface area (Å²) in [6.07, 6.45) is 1.54. The number of aromatic nitrogens is 1. The zero-order valence-corrected chi connectivity index (χ0v) is 12.1. The van der Waals surface area contributed by atoms with E-state index in [2.05, 4.69) is 9.71 Å². The molecule has 20 heavy (non-hydrogen) atoms. The first kappa shape index (κ1) is 14.5. The Bertz CT molecular complexity index is 662. The van der Waals surface area contributed by atoms with Gasteiger partial charge in [0.2, 0.25) is 15.9 Å². The summed E-state index contributed by atoms with van der Waals surface area (Å²) in [5.74, 6) is 1.60. The fourth-order valence-electron chi connectivity index (χ4n) is 1.60. The van der Waals surface area contributed by atoms with E-state index in [1.165, 1.54) is 12.1 Å². The molecule has 0 spiro atoms. The van der Waals surface area contributed by atoms with E-state index in [1.807, 2.05) is 6.92 Å². The van der Waals surface area contributed by atoms with Crippen LogP contribution in [0.25, 0.3) is 0 Å². The van der Waals surface area contributed by atoms with Crippen molar-refractivity contribution in [1.29, 1.82) is 0 Å². The number of nitrogens with zero attached hydrogens (tertiary/aromatic N) is 1. The second-order valence-electron chi connectivity index (χ2n) is 4.09. The maximum absolute atomic E-state index is 12.1. The molecule has 0 atom stereocenters. The first-order valence-electron chi connectivity index (χ1n) is 6.15. The molecule has 0 fully saturated rings. The number of hydrogen-bond acceptors (Lipinski definition) is 5. The van der Waals surface area contributed by atoms with Gasteiger partial charge in [-0.3, -0.25) is 0 Å². The Kier molecular flexibility index (Phi) is 4.41. The van der Waals surface area contributed by atoms with Gasteiger partial charge >= 0.3 is 0 Å². The lowest BCUT2D eigenvalue weighted by molar-refractivity contribution is 0.340. The van der Waals surface area contributed by atoms with E-state index >= 15 is 0 Å². The number of oxazole rings is 1. The van der Waals surface area contributed by atoms with Crippen LogP contribution in [0.3, 0.4) is 0 Å². The normalized spacial score (nSPS) is 11.5. The van der Waals surface area contributed by atoms with E-state index < -0.39 is 10.0 Å². The summed E-state index contributed by atoms with van der Waals surface area (Å²) in [6, 6.07) is 6.23. The monoisotopic (exact) mass is 296 g/mol. The standard InChI is InChI=1S/C13H16N2O4S/c1-3-18-11-4-6-12(7-5-11)20(16,17)15-9-13-14-8-10(2)19-13/h4-8,15H,3,9H2,1-2H3. The van der Waals surface area contributed by atoms with Crippen molar-refractivity contribution in [1.82, 2.24) is 9.71 Å². The van der Waals surface area contributed by atoms with Crippen LogP contribution < -0.4 is 9.46 Å². The smallest absolute Gasteiger partial charge is 0.241 e. The summed E-state index contributed by atoms with van der Waals surface area (Å²) in [4.78, 5) is 4.11. The van der Waals surface area contributed by atoms with Crippen LogP contribution in [0.15, 0.2) is 39.8 Å². The van der Waals surface area contributed by atoms with E-state index in [0.717, 1.165) is 0 Å². The third-order valence-electron chi connectivity index (χ3n) is 2.53. The Morgan fingerprint density at radius 3 is 2.55 bits per heavy atom. The van der Waals surface area contributed by atoms with Crippen molar-refractivity contribution in [3.05, 3.63) is 42.1 Å².